The lowest BCUT2D eigenvalue weighted by Crippen LogP contribution is -2.44. The molecular formula is C22H24ClF2N3O2. The van der Waals surface area contributed by atoms with Crippen molar-refractivity contribution in [2.24, 2.45) is 0 Å². The Balaban J connectivity index is 1.56. The summed E-state index contributed by atoms with van der Waals surface area (Å²) >= 11 is 6.31. The minimum Gasteiger partial charge on any atom is -0.388 e. The number of benzene rings is 1. The lowest BCUT2D eigenvalue weighted by Gasteiger charge is -2.33. The van der Waals surface area contributed by atoms with Crippen molar-refractivity contribution in [2.45, 2.75) is 43.6 Å². The first-order valence-corrected chi connectivity index (χ1v) is 10.4. The van der Waals surface area contributed by atoms with E-state index >= 15 is 0 Å². The zero-order valence-electron chi connectivity index (χ0n) is 16.6. The molecule has 1 aromatic heterocycles. The van der Waals surface area contributed by atoms with E-state index in [1.807, 2.05) is 0 Å². The fourth-order valence-electron chi connectivity index (χ4n) is 4.30. The first kappa shape index (κ1) is 21.0. The van der Waals surface area contributed by atoms with Gasteiger partial charge in [0.1, 0.15) is 5.82 Å². The molecule has 1 atom stereocenters. The Morgan fingerprint density at radius 1 is 1.30 bits per heavy atom. The van der Waals surface area contributed by atoms with Crippen LogP contribution in [0.5, 0.6) is 0 Å². The van der Waals surface area contributed by atoms with E-state index in [4.69, 9.17) is 11.6 Å². The van der Waals surface area contributed by atoms with E-state index < -0.39 is 17.4 Å². The Bertz CT molecular complexity index is 1010. The van der Waals surface area contributed by atoms with Crippen LogP contribution in [0.25, 0.3) is 10.9 Å². The van der Waals surface area contributed by atoms with Gasteiger partial charge < -0.3 is 15.3 Å². The van der Waals surface area contributed by atoms with Gasteiger partial charge in [-0.1, -0.05) is 23.8 Å². The van der Waals surface area contributed by atoms with Crippen LogP contribution in [0.15, 0.2) is 36.4 Å². The molecule has 2 heterocycles. The first-order valence-electron chi connectivity index (χ1n) is 10.1. The van der Waals surface area contributed by atoms with Crippen molar-refractivity contribution in [3.05, 3.63) is 47.0 Å². The molecule has 2 aromatic rings. The molecule has 0 bridgehead atoms. The summed E-state index contributed by atoms with van der Waals surface area (Å²) in [6, 6.07) is 6.57. The third-order valence-corrected chi connectivity index (χ3v) is 6.17. The molecule has 5 nitrogen and oxygen atoms in total. The van der Waals surface area contributed by atoms with Crippen LogP contribution in [0, 0.1) is 0 Å². The highest BCUT2D eigenvalue weighted by atomic mass is 35.5. The van der Waals surface area contributed by atoms with Gasteiger partial charge in [-0.2, -0.15) is 0 Å². The van der Waals surface area contributed by atoms with Gasteiger partial charge in [-0.05, 0) is 49.9 Å². The van der Waals surface area contributed by atoms with Crippen LogP contribution in [0.3, 0.4) is 0 Å². The van der Waals surface area contributed by atoms with Crippen LogP contribution in [0.1, 0.15) is 42.5 Å². The molecule has 1 amide bonds. The summed E-state index contributed by atoms with van der Waals surface area (Å²) in [6.07, 6.45) is 2.59. The third-order valence-electron chi connectivity index (χ3n) is 5.86. The molecule has 1 saturated carbocycles. The Labute approximate surface area is 178 Å². The number of amides is 1. The number of hydrogen-bond donors (Lipinski definition) is 2. The quantitative estimate of drug-likeness (QED) is 0.702. The average Bonchev–Trinajstić information content (AvgIpc) is 3.05. The Hall–Kier alpha value is -2.25. The summed E-state index contributed by atoms with van der Waals surface area (Å²) < 4.78 is 27.1. The maximum absolute atomic E-state index is 13.5. The van der Waals surface area contributed by atoms with E-state index in [1.54, 1.807) is 29.2 Å². The zero-order valence-corrected chi connectivity index (χ0v) is 17.3. The minimum absolute atomic E-state index is 0.103. The van der Waals surface area contributed by atoms with Gasteiger partial charge in [0.05, 0.1) is 28.2 Å². The Kier molecular flexibility index (Phi) is 5.45. The van der Waals surface area contributed by atoms with Gasteiger partial charge in [-0.3, -0.25) is 4.79 Å². The minimum atomic E-state index is -2.72. The number of alkyl halides is 2. The SMILES string of the molecule is C=C1CCC[C@](O)(CNC(=O)c2c(Cl)ccc3nc(N4CCC(F)(F)C4)ccc23)C1. The predicted octanol–water partition coefficient (Wildman–Crippen LogP) is 4.32. The van der Waals surface area contributed by atoms with E-state index in [2.05, 4.69) is 16.9 Å². The van der Waals surface area contributed by atoms with Gasteiger partial charge in [0, 0.05) is 24.9 Å². The average molecular weight is 436 g/mol. The maximum Gasteiger partial charge on any atom is 0.266 e. The number of nitrogens with zero attached hydrogens (tertiary/aromatic N) is 2. The van der Waals surface area contributed by atoms with Gasteiger partial charge in [0.2, 0.25) is 0 Å². The molecule has 1 aliphatic carbocycles. The van der Waals surface area contributed by atoms with Crippen LogP contribution in [0.4, 0.5) is 14.6 Å². The highest BCUT2D eigenvalue weighted by molar-refractivity contribution is 6.35. The number of halogens is 3. The molecule has 2 aliphatic rings. The van der Waals surface area contributed by atoms with Gasteiger partial charge in [-0.15, -0.1) is 0 Å². The molecule has 0 spiro atoms. The van der Waals surface area contributed by atoms with E-state index in [0.717, 1.165) is 18.4 Å². The molecule has 0 radical (unpaired) electrons. The molecule has 30 heavy (non-hydrogen) atoms. The second-order valence-corrected chi connectivity index (χ2v) is 8.78. The summed E-state index contributed by atoms with van der Waals surface area (Å²) in [7, 11) is 0. The molecule has 0 unspecified atom stereocenters. The number of rotatable bonds is 4. The van der Waals surface area contributed by atoms with Crippen LogP contribution in [0.2, 0.25) is 5.02 Å². The summed E-state index contributed by atoms with van der Waals surface area (Å²) in [5, 5.41) is 14.3. The van der Waals surface area contributed by atoms with Gasteiger partial charge in [-0.25, -0.2) is 13.8 Å². The first-order chi connectivity index (χ1) is 14.2. The van der Waals surface area contributed by atoms with Crippen molar-refractivity contribution in [2.75, 3.05) is 24.5 Å². The van der Waals surface area contributed by atoms with Crippen LogP contribution >= 0.6 is 11.6 Å². The summed E-state index contributed by atoms with van der Waals surface area (Å²) in [5.74, 6) is -2.67. The maximum atomic E-state index is 13.5. The molecule has 4 rings (SSSR count). The highest BCUT2D eigenvalue weighted by Crippen LogP contribution is 2.33. The largest absolute Gasteiger partial charge is 0.388 e. The van der Waals surface area contributed by atoms with Crippen molar-refractivity contribution >= 4 is 34.2 Å². The monoisotopic (exact) mass is 435 g/mol. The Morgan fingerprint density at radius 3 is 2.80 bits per heavy atom. The number of fused-ring (bicyclic) bond motifs is 1. The van der Waals surface area contributed by atoms with Crippen molar-refractivity contribution in [1.82, 2.24) is 10.3 Å². The number of carbonyl (C=O) groups is 1. The topological polar surface area (TPSA) is 65.5 Å². The Morgan fingerprint density at radius 2 is 2.10 bits per heavy atom. The number of pyridine rings is 1. The second kappa shape index (κ2) is 7.78. The van der Waals surface area contributed by atoms with Crippen molar-refractivity contribution in [1.29, 1.82) is 0 Å². The molecule has 8 heteroatoms. The molecule has 1 saturated heterocycles. The number of aromatic nitrogens is 1. The highest BCUT2D eigenvalue weighted by Gasteiger charge is 2.39. The number of carbonyl (C=O) groups excluding carboxylic acids is 1. The normalized spacial score (nSPS) is 23.7. The smallest absolute Gasteiger partial charge is 0.266 e. The number of anilines is 1. The number of aliphatic hydroxyl groups is 1. The molecule has 2 N–H and O–H groups in total. The van der Waals surface area contributed by atoms with Crippen LogP contribution in [-0.4, -0.2) is 47.2 Å². The number of nitrogens with one attached hydrogen (secondary N) is 1. The third kappa shape index (κ3) is 4.27. The van der Waals surface area contributed by atoms with E-state index in [0.29, 0.717) is 29.6 Å². The fourth-order valence-corrected chi connectivity index (χ4v) is 4.55. The fraction of sp³-hybridized carbons (Fsp3) is 0.455. The van der Waals surface area contributed by atoms with E-state index in [-0.39, 0.29) is 36.6 Å². The molecular weight excluding hydrogens is 412 g/mol. The van der Waals surface area contributed by atoms with Gasteiger partial charge >= 0.3 is 0 Å². The molecule has 1 aromatic carbocycles. The summed E-state index contributed by atoms with van der Waals surface area (Å²) in [6.45, 7) is 3.92. The molecule has 2 fully saturated rings. The number of hydrogen-bond acceptors (Lipinski definition) is 4. The summed E-state index contributed by atoms with van der Waals surface area (Å²) in [4.78, 5) is 18.9. The van der Waals surface area contributed by atoms with Crippen LogP contribution in [-0.2, 0) is 0 Å². The molecule has 1 aliphatic heterocycles. The second-order valence-electron chi connectivity index (χ2n) is 8.37. The standard InChI is InChI=1S/C22H24ClF2N3O2/c1-14-3-2-8-21(30,11-14)12-26-20(29)19-15-4-7-18(27-17(15)6-5-16(19)23)28-10-9-22(24,25)13-28/h4-7,30H,1-3,8-13H2,(H,26,29)/t21-/m1/s1. The van der Waals surface area contributed by atoms with Crippen molar-refractivity contribution in [3.63, 3.8) is 0 Å². The van der Waals surface area contributed by atoms with Crippen molar-refractivity contribution in [3.8, 4) is 0 Å². The lowest BCUT2D eigenvalue weighted by atomic mass is 9.82. The summed E-state index contributed by atoms with van der Waals surface area (Å²) in [5.41, 5.74) is 0.736. The predicted molar refractivity (Wildman–Crippen MR) is 113 cm³/mol. The van der Waals surface area contributed by atoms with Gasteiger partial charge in [0.15, 0.2) is 0 Å². The van der Waals surface area contributed by atoms with Crippen LogP contribution < -0.4 is 10.2 Å². The molecule has 160 valence electrons. The van der Waals surface area contributed by atoms with Gasteiger partial charge in [0.25, 0.3) is 11.8 Å². The van der Waals surface area contributed by atoms with E-state index in [1.165, 1.54) is 0 Å². The zero-order chi connectivity index (χ0) is 21.5. The van der Waals surface area contributed by atoms with Crippen molar-refractivity contribution < 1.29 is 18.7 Å². The van der Waals surface area contributed by atoms with E-state index in [9.17, 15) is 18.7 Å². The lowest BCUT2D eigenvalue weighted by molar-refractivity contribution is 0.0199.